The lowest BCUT2D eigenvalue weighted by molar-refractivity contribution is -0.118. The van der Waals surface area contributed by atoms with Crippen LogP contribution in [-0.2, 0) is 9.59 Å². The summed E-state index contributed by atoms with van der Waals surface area (Å²) in [5.41, 5.74) is 2.38. The number of nitrogens with one attached hydrogen (secondary N) is 2. The average molecular weight is 433 g/mol. The first-order valence-corrected chi connectivity index (χ1v) is 9.86. The number of hydrogen-bond donors (Lipinski definition) is 2. The summed E-state index contributed by atoms with van der Waals surface area (Å²) in [5.74, 6) is 0.331. The van der Waals surface area contributed by atoms with Gasteiger partial charge in [-0.3, -0.25) is 9.59 Å². The summed E-state index contributed by atoms with van der Waals surface area (Å²) in [5, 5.41) is 5.64. The number of halogens is 1. The molecule has 144 valence electrons. The Morgan fingerprint density at radius 2 is 1.70 bits per heavy atom. The van der Waals surface area contributed by atoms with Crippen LogP contribution in [0, 0.1) is 6.92 Å². The van der Waals surface area contributed by atoms with Crippen LogP contribution in [0.15, 0.2) is 46.9 Å². The lowest BCUT2D eigenvalue weighted by Gasteiger charge is -2.11. The summed E-state index contributed by atoms with van der Waals surface area (Å²) in [7, 11) is 0. The topological polar surface area (TPSA) is 67.4 Å². The molecule has 0 saturated heterocycles. The number of carbonyl (C=O) groups excluding carboxylic acids is 2. The summed E-state index contributed by atoms with van der Waals surface area (Å²) in [6.07, 6.45) is 3.50. The van der Waals surface area contributed by atoms with Crippen LogP contribution in [0.1, 0.15) is 38.2 Å². The zero-order chi connectivity index (χ0) is 19.6. The molecule has 0 unspecified atom stereocenters. The fraction of sp³-hybridized carbons (Fsp3) is 0.333. The molecule has 6 heteroatoms. The van der Waals surface area contributed by atoms with Gasteiger partial charge in [0.15, 0.2) is 6.61 Å². The molecule has 0 heterocycles. The molecule has 0 aliphatic carbocycles. The molecule has 0 radical (unpaired) electrons. The van der Waals surface area contributed by atoms with Crippen LogP contribution >= 0.6 is 15.9 Å². The van der Waals surface area contributed by atoms with Gasteiger partial charge in [-0.25, -0.2) is 0 Å². The molecule has 0 aliphatic heterocycles. The lowest BCUT2D eigenvalue weighted by atomic mass is 10.2. The third-order valence-electron chi connectivity index (χ3n) is 3.88. The minimum Gasteiger partial charge on any atom is -0.483 e. The van der Waals surface area contributed by atoms with Gasteiger partial charge in [0.1, 0.15) is 5.75 Å². The molecule has 0 fully saturated rings. The maximum atomic E-state index is 12.1. The van der Waals surface area contributed by atoms with Crippen molar-refractivity contribution in [2.75, 3.05) is 17.2 Å². The Morgan fingerprint density at radius 1 is 1.00 bits per heavy atom. The summed E-state index contributed by atoms with van der Waals surface area (Å²) < 4.78 is 6.36. The van der Waals surface area contributed by atoms with Crippen molar-refractivity contribution in [2.24, 2.45) is 0 Å². The van der Waals surface area contributed by atoms with Crippen molar-refractivity contribution in [2.45, 2.75) is 39.5 Å². The van der Waals surface area contributed by atoms with Gasteiger partial charge in [-0.2, -0.15) is 0 Å². The Kier molecular flexibility index (Phi) is 8.33. The van der Waals surface area contributed by atoms with E-state index in [0.717, 1.165) is 29.3 Å². The van der Waals surface area contributed by atoms with Crippen molar-refractivity contribution in [3.8, 4) is 5.75 Å². The second kappa shape index (κ2) is 10.7. The molecular weight excluding hydrogens is 408 g/mol. The molecule has 2 rings (SSSR count). The summed E-state index contributed by atoms with van der Waals surface area (Å²) >= 11 is 3.42. The molecule has 0 bridgehead atoms. The fourth-order valence-corrected chi connectivity index (χ4v) is 3.10. The monoisotopic (exact) mass is 432 g/mol. The number of benzene rings is 2. The molecule has 0 aromatic heterocycles. The van der Waals surface area contributed by atoms with E-state index in [4.69, 9.17) is 4.74 Å². The number of amides is 2. The van der Waals surface area contributed by atoms with Crippen LogP contribution < -0.4 is 15.4 Å². The van der Waals surface area contributed by atoms with Crippen molar-refractivity contribution < 1.29 is 14.3 Å². The maximum absolute atomic E-state index is 12.1. The predicted octanol–water partition coefficient (Wildman–Crippen LogP) is 5.29. The second-order valence-electron chi connectivity index (χ2n) is 6.36. The van der Waals surface area contributed by atoms with E-state index in [2.05, 4.69) is 33.5 Å². The van der Waals surface area contributed by atoms with Gasteiger partial charge in [-0.05, 0) is 65.2 Å². The molecule has 0 spiro atoms. The average Bonchev–Trinajstić information content (AvgIpc) is 2.61. The van der Waals surface area contributed by atoms with Crippen LogP contribution in [-0.4, -0.2) is 18.4 Å². The van der Waals surface area contributed by atoms with E-state index in [1.54, 1.807) is 24.3 Å². The van der Waals surface area contributed by atoms with Crippen LogP contribution in [0.4, 0.5) is 11.4 Å². The maximum Gasteiger partial charge on any atom is 0.262 e. The zero-order valence-electron chi connectivity index (χ0n) is 15.7. The van der Waals surface area contributed by atoms with Gasteiger partial charge in [-0.1, -0.05) is 31.9 Å². The van der Waals surface area contributed by atoms with Gasteiger partial charge in [0, 0.05) is 17.8 Å². The van der Waals surface area contributed by atoms with E-state index in [0.29, 0.717) is 23.5 Å². The molecule has 2 aromatic rings. The highest BCUT2D eigenvalue weighted by atomic mass is 79.9. The van der Waals surface area contributed by atoms with E-state index in [1.807, 2.05) is 25.1 Å². The smallest absolute Gasteiger partial charge is 0.262 e. The Balaban J connectivity index is 1.85. The summed E-state index contributed by atoms with van der Waals surface area (Å²) in [4.78, 5) is 24.0. The van der Waals surface area contributed by atoms with Crippen molar-refractivity contribution in [3.05, 3.63) is 52.5 Å². The van der Waals surface area contributed by atoms with Crippen molar-refractivity contribution in [3.63, 3.8) is 0 Å². The van der Waals surface area contributed by atoms with Gasteiger partial charge in [-0.15, -0.1) is 0 Å². The first-order valence-electron chi connectivity index (χ1n) is 9.06. The number of unbranched alkanes of at least 4 members (excludes halogenated alkanes) is 2. The molecule has 2 amide bonds. The Hall–Kier alpha value is -2.34. The standard InChI is InChI=1S/C21H25BrN2O3/c1-3-4-5-9-20(25)23-16-7-6-8-17(13-16)24-21(26)14-27-19-11-10-15(2)12-18(19)22/h6-8,10-13H,3-5,9,14H2,1-2H3,(H,23,25)(H,24,26). The van der Waals surface area contributed by atoms with Crippen LogP contribution in [0.2, 0.25) is 0 Å². The lowest BCUT2D eigenvalue weighted by Crippen LogP contribution is -2.20. The summed E-state index contributed by atoms with van der Waals surface area (Å²) in [6.45, 7) is 3.98. The highest BCUT2D eigenvalue weighted by molar-refractivity contribution is 9.10. The van der Waals surface area contributed by atoms with Crippen molar-refractivity contribution in [1.29, 1.82) is 0 Å². The number of anilines is 2. The summed E-state index contributed by atoms with van der Waals surface area (Å²) in [6, 6.07) is 12.8. The number of ether oxygens (including phenoxy) is 1. The van der Waals surface area contributed by atoms with E-state index in [-0.39, 0.29) is 18.4 Å². The fourth-order valence-electron chi connectivity index (χ4n) is 2.50. The van der Waals surface area contributed by atoms with Crippen molar-refractivity contribution in [1.82, 2.24) is 0 Å². The third-order valence-corrected chi connectivity index (χ3v) is 4.50. The van der Waals surface area contributed by atoms with Gasteiger partial charge >= 0.3 is 0 Å². The molecule has 2 N–H and O–H groups in total. The zero-order valence-corrected chi connectivity index (χ0v) is 17.3. The van der Waals surface area contributed by atoms with Gasteiger partial charge < -0.3 is 15.4 Å². The van der Waals surface area contributed by atoms with Crippen LogP contribution in [0.25, 0.3) is 0 Å². The predicted molar refractivity (Wildman–Crippen MR) is 112 cm³/mol. The molecule has 5 nitrogen and oxygen atoms in total. The Labute approximate surface area is 168 Å². The Bertz CT molecular complexity index is 793. The quantitative estimate of drug-likeness (QED) is 0.528. The van der Waals surface area contributed by atoms with E-state index < -0.39 is 0 Å². The highest BCUT2D eigenvalue weighted by Crippen LogP contribution is 2.25. The van der Waals surface area contributed by atoms with Crippen LogP contribution in [0.5, 0.6) is 5.75 Å². The SMILES string of the molecule is CCCCCC(=O)Nc1cccc(NC(=O)COc2ccc(C)cc2Br)c1. The largest absolute Gasteiger partial charge is 0.483 e. The first-order chi connectivity index (χ1) is 13.0. The molecule has 2 aromatic carbocycles. The molecule has 0 aliphatic rings. The molecule has 27 heavy (non-hydrogen) atoms. The molecule has 0 atom stereocenters. The number of aryl methyl sites for hydroxylation is 1. The molecule has 0 saturated carbocycles. The highest BCUT2D eigenvalue weighted by Gasteiger charge is 2.08. The van der Waals surface area contributed by atoms with Gasteiger partial charge in [0.05, 0.1) is 4.47 Å². The van der Waals surface area contributed by atoms with Crippen molar-refractivity contribution >= 4 is 39.1 Å². The third kappa shape index (κ3) is 7.43. The first kappa shape index (κ1) is 21.0. The molecular formula is C21H25BrN2O3. The normalized spacial score (nSPS) is 10.3. The Morgan fingerprint density at radius 3 is 2.37 bits per heavy atom. The van der Waals surface area contributed by atoms with E-state index in [9.17, 15) is 9.59 Å². The number of rotatable bonds is 9. The van der Waals surface area contributed by atoms with Gasteiger partial charge in [0.25, 0.3) is 5.91 Å². The minimum atomic E-state index is -0.270. The van der Waals surface area contributed by atoms with Crippen LogP contribution in [0.3, 0.4) is 0 Å². The van der Waals surface area contributed by atoms with E-state index in [1.165, 1.54) is 0 Å². The second-order valence-corrected chi connectivity index (χ2v) is 7.21. The van der Waals surface area contributed by atoms with E-state index >= 15 is 0 Å². The van der Waals surface area contributed by atoms with Gasteiger partial charge in [0.2, 0.25) is 5.91 Å². The minimum absolute atomic E-state index is 0.0144. The number of hydrogen-bond acceptors (Lipinski definition) is 3. The number of carbonyl (C=O) groups is 2.